The molecule has 1 N–H and O–H groups in total. The zero-order valence-corrected chi connectivity index (χ0v) is 9.29. The SMILES string of the molecule is CC1CCc2cnccc2C12CCNC2. The second kappa shape index (κ2) is 3.31. The van der Waals surface area contributed by atoms with Crippen molar-refractivity contribution in [2.24, 2.45) is 5.92 Å². The molecule has 0 bridgehead atoms. The minimum absolute atomic E-state index is 0.413. The largest absolute Gasteiger partial charge is 0.316 e. The number of aryl methyl sites for hydroxylation is 1. The van der Waals surface area contributed by atoms with Crippen LogP contribution in [-0.4, -0.2) is 18.1 Å². The van der Waals surface area contributed by atoms with Crippen molar-refractivity contribution in [3.8, 4) is 0 Å². The fraction of sp³-hybridized carbons (Fsp3) is 0.615. The van der Waals surface area contributed by atoms with Crippen molar-refractivity contribution in [1.82, 2.24) is 10.3 Å². The van der Waals surface area contributed by atoms with Crippen LogP contribution in [0.2, 0.25) is 0 Å². The van der Waals surface area contributed by atoms with Crippen LogP contribution in [0, 0.1) is 5.92 Å². The molecule has 0 aromatic carbocycles. The van der Waals surface area contributed by atoms with E-state index in [9.17, 15) is 0 Å². The molecule has 1 aliphatic carbocycles. The van der Waals surface area contributed by atoms with Gasteiger partial charge < -0.3 is 5.32 Å². The third-order valence-electron chi connectivity index (χ3n) is 4.42. The molecule has 0 saturated carbocycles. The molecule has 3 rings (SSSR count). The van der Waals surface area contributed by atoms with E-state index in [4.69, 9.17) is 0 Å². The van der Waals surface area contributed by atoms with Crippen LogP contribution in [0.15, 0.2) is 18.5 Å². The smallest absolute Gasteiger partial charge is 0.0302 e. The maximum atomic E-state index is 4.26. The summed E-state index contributed by atoms with van der Waals surface area (Å²) in [6, 6.07) is 2.25. The Hall–Kier alpha value is -0.890. The lowest BCUT2D eigenvalue weighted by Gasteiger charge is -2.40. The van der Waals surface area contributed by atoms with Gasteiger partial charge in [0.1, 0.15) is 0 Å². The van der Waals surface area contributed by atoms with Crippen LogP contribution in [0.5, 0.6) is 0 Å². The van der Waals surface area contributed by atoms with Crippen LogP contribution in [0.4, 0.5) is 0 Å². The summed E-state index contributed by atoms with van der Waals surface area (Å²) in [6.07, 6.45) is 7.86. The van der Waals surface area contributed by atoms with Gasteiger partial charge in [0.05, 0.1) is 0 Å². The summed E-state index contributed by atoms with van der Waals surface area (Å²) < 4.78 is 0. The van der Waals surface area contributed by atoms with E-state index < -0.39 is 0 Å². The maximum absolute atomic E-state index is 4.26. The number of fused-ring (bicyclic) bond motifs is 2. The van der Waals surface area contributed by atoms with Crippen LogP contribution in [0.1, 0.15) is 30.9 Å². The highest BCUT2D eigenvalue weighted by Gasteiger charge is 2.43. The van der Waals surface area contributed by atoms with Crippen LogP contribution in [0.25, 0.3) is 0 Å². The Kier molecular flexibility index (Phi) is 2.06. The monoisotopic (exact) mass is 202 g/mol. The molecule has 1 spiro atoms. The zero-order chi connectivity index (χ0) is 10.3. The first-order valence-electron chi connectivity index (χ1n) is 5.97. The van der Waals surface area contributed by atoms with Crippen molar-refractivity contribution in [2.75, 3.05) is 13.1 Å². The number of nitrogens with zero attached hydrogens (tertiary/aromatic N) is 1. The van der Waals surface area contributed by atoms with Gasteiger partial charge in [-0.3, -0.25) is 4.98 Å². The van der Waals surface area contributed by atoms with Crippen molar-refractivity contribution in [3.63, 3.8) is 0 Å². The van der Waals surface area contributed by atoms with Gasteiger partial charge in [-0.15, -0.1) is 0 Å². The fourth-order valence-corrected chi connectivity index (χ4v) is 3.39. The van der Waals surface area contributed by atoms with Crippen molar-refractivity contribution in [2.45, 2.75) is 31.6 Å². The van der Waals surface area contributed by atoms with E-state index in [1.54, 1.807) is 5.56 Å². The second-order valence-electron chi connectivity index (χ2n) is 5.06. The molecule has 2 unspecified atom stereocenters. The highest BCUT2D eigenvalue weighted by Crippen LogP contribution is 2.44. The van der Waals surface area contributed by atoms with Gasteiger partial charge in [0, 0.05) is 24.4 Å². The molecule has 2 heteroatoms. The molecule has 2 atom stereocenters. The summed E-state index contributed by atoms with van der Waals surface area (Å²) in [5.41, 5.74) is 3.47. The maximum Gasteiger partial charge on any atom is 0.0302 e. The standard InChI is InChI=1S/C13H18N2/c1-10-2-3-11-8-14-6-4-12(11)13(10)5-7-15-9-13/h4,6,8,10,15H,2-3,5,7,9H2,1H3. The normalized spacial score (nSPS) is 34.3. The third kappa shape index (κ3) is 1.24. The lowest BCUT2D eigenvalue weighted by atomic mass is 9.64. The van der Waals surface area contributed by atoms with Gasteiger partial charge in [-0.25, -0.2) is 0 Å². The number of rotatable bonds is 0. The molecule has 80 valence electrons. The minimum atomic E-state index is 0.413. The predicted molar refractivity (Wildman–Crippen MR) is 60.9 cm³/mol. The topological polar surface area (TPSA) is 24.9 Å². The summed E-state index contributed by atoms with van der Waals surface area (Å²) in [4.78, 5) is 4.26. The summed E-state index contributed by atoms with van der Waals surface area (Å²) in [5.74, 6) is 0.808. The number of hydrogen-bond donors (Lipinski definition) is 1. The molecule has 15 heavy (non-hydrogen) atoms. The lowest BCUT2D eigenvalue weighted by molar-refractivity contribution is 0.275. The van der Waals surface area contributed by atoms with E-state index in [0.717, 1.165) is 12.5 Å². The summed E-state index contributed by atoms with van der Waals surface area (Å²) in [5, 5.41) is 3.53. The van der Waals surface area contributed by atoms with Crippen molar-refractivity contribution >= 4 is 0 Å². The molecule has 1 aliphatic heterocycles. The minimum Gasteiger partial charge on any atom is -0.316 e. The van der Waals surface area contributed by atoms with Crippen LogP contribution < -0.4 is 5.32 Å². The highest BCUT2D eigenvalue weighted by molar-refractivity contribution is 5.37. The Bertz CT molecular complexity index is 367. The van der Waals surface area contributed by atoms with Crippen LogP contribution in [-0.2, 0) is 11.8 Å². The number of aromatic nitrogens is 1. The number of hydrogen-bond acceptors (Lipinski definition) is 2. The molecule has 1 saturated heterocycles. The van der Waals surface area contributed by atoms with E-state index in [-0.39, 0.29) is 0 Å². The molecule has 0 radical (unpaired) electrons. The van der Waals surface area contributed by atoms with Gasteiger partial charge in [0.15, 0.2) is 0 Å². The molecule has 2 nitrogen and oxygen atoms in total. The van der Waals surface area contributed by atoms with Gasteiger partial charge in [0.2, 0.25) is 0 Å². The third-order valence-corrected chi connectivity index (χ3v) is 4.42. The molecule has 2 heterocycles. The van der Waals surface area contributed by atoms with Gasteiger partial charge in [-0.05, 0) is 48.9 Å². The molecule has 2 aliphatic rings. The summed E-state index contributed by atoms with van der Waals surface area (Å²) in [6.45, 7) is 4.74. The highest BCUT2D eigenvalue weighted by atomic mass is 14.9. The van der Waals surface area contributed by atoms with E-state index in [1.165, 1.54) is 31.4 Å². The first-order valence-corrected chi connectivity index (χ1v) is 5.97. The Morgan fingerprint density at radius 2 is 2.47 bits per heavy atom. The fourth-order valence-electron chi connectivity index (χ4n) is 3.39. The predicted octanol–water partition coefficient (Wildman–Crippen LogP) is 1.89. The van der Waals surface area contributed by atoms with Crippen molar-refractivity contribution in [1.29, 1.82) is 0 Å². The molecule has 1 fully saturated rings. The molecule has 0 amide bonds. The summed E-state index contributed by atoms with van der Waals surface area (Å²) in [7, 11) is 0. The molecule has 1 aromatic heterocycles. The molecule has 1 aromatic rings. The van der Waals surface area contributed by atoms with Crippen molar-refractivity contribution in [3.05, 3.63) is 29.6 Å². The van der Waals surface area contributed by atoms with Crippen LogP contribution in [0.3, 0.4) is 0 Å². The van der Waals surface area contributed by atoms with E-state index >= 15 is 0 Å². The average Bonchev–Trinajstić information content (AvgIpc) is 2.75. The van der Waals surface area contributed by atoms with Gasteiger partial charge in [0.25, 0.3) is 0 Å². The Balaban J connectivity index is 2.13. The van der Waals surface area contributed by atoms with Gasteiger partial charge in [-0.1, -0.05) is 6.92 Å². The Labute approximate surface area is 91.1 Å². The first-order chi connectivity index (χ1) is 7.33. The van der Waals surface area contributed by atoms with Gasteiger partial charge >= 0.3 is 0 Å². The number of nitrogens with one attached hydrogen (secondary N) is 1. The van der Waals surface area contributed by atoms with E-state index in [0.29, 0.717) is 5.41 Å². The molecular formula is C13H18N2. The lowest BCUT2D eigenvalue weighted by Crippen LogP contribution is -2.40. The summed E-state index contributed by atoms with van der Waals surface area (Å²) >= 11 is 0. The average molecular weight is 202 g/mol. The van der Waals surface area contributed by atoms with Crippen LogP contribution >= 0.6 is 0 Å². The quantitative estimate of drug-likeness (QED) is 0.695. The van der Waals surface area contributed by atoms with Gasteiger partial charge in [-0.2, -0.15) is 0 Å². The van der Waals surface area contributed by atoms with E-state index in [1.807, 2.05) is 6.20 Å². The van der Waals surface area contributed by atoms with Crippen molar-refractivity contribution < 1.29 is 0 Å². The zero-order valence-electron chi connectivity index (χ0n) is 9.29. The Morgan fingerprint density at radius 1 is 1.53 bits per heavy atom. The Morgan fingerprint density at radius 3 is 3.27 bits per heavy atom. The van der Waals surface area contributed by atoms with E-state index in [2.05, 4.69) is 29.5 Å². The molecular weight excluding hydrogens is 184 g/mol. The number of pyridine rings is 1. The second-order valence-corrected chi connectivity index (χ2v) is 5.06. The first kappa shape index (κ1) is 9.34.